The van der Waals surface area contributed by atoms with Crippen LogP contribution in [0.2, 0.25) is 0 Å². The van der Waals surface area contributed by atoms with Crippen molar-refractivity contribution in [3.63, 3.8) is 0 Å². The van der Waals surface area contributed by atoms with E-state index in [1.165, 1.54) is 9.80 Å². The van der Waals surface area contributed by atoms with Crippen LogP contribution in [-0.2, 0) is 9.59 Å². The van der Waals surface area contributed by atoms with Gasteiger partial charge in [0.25, 0.3) is 0 Å². The van der Waals surface area contributed by atoms with Gasteiger partial charge in [0.1, 0.15) is 6.67 Å². The molecule has 0 radical (unpaired) electrons. The fourth-order valence-electron chi connectivity index (χ4n) is 1.95. The van der Waals surface area contributed by atoms with Crippen molar-refractivity contribution in [2.75, 3.05) is 16.5 Å². The quantitative estimate of drug-likeness (QED) is 0.744. The van der Waals surface area contributed by atoms with Crippen LogP contribution in [0.3, 0.4) is 0 Å². The first-order valence-corrected chi connectivity index (χ1v) is 5.71. The van der Waals surface area contributed by atoms with E-state index in [2.05, 4.69) is 9.97 Å². The zero-order valence-corrected chi connectivity index (χ0v) is 9.93. The van der Waals surface area contributed by atoms with Gasteiger partial charge in [-0.15, -0.1) is 0 Å². The maximum Gasteiger partial charge on any atom is 0.318 e. The molecule has 2 aromatic rings. The minimum atomic E-state index is -0.539. The number of nitrogens with zero attached hydrogens (tertiary/aromatic N) is 4. The third-order valence-electron chi connectivity index (χ3n) is 2.90. The highest BCUT2D eigenvalue weighted by Gasteiger charge is 2.37. The standard InChI is InChI=1S/C13H10N4O2/c18-12-13(19)17(11-3-7-15-8-4-11)9-16(12)10-1-5-14-6-2-10/h1-8H,9H2. The molecule has 3 heterocycles. The second-order valence-electron chi connectivity index (χ2n) is 4.02. The Hall–Kier alpha value is -2.76. The summed E-state index contributed by atoms with van der Waals surface area (Å²) >= 11 is 0. The van der Waals surface area contributed by atoms with Crippen molar-refractivity contribution in [2.45, 2.75) is 0 Å². The van der Waals surface area contributed by atoms with Crippen molar-refractivity contribution in [3.05, 3.63) is 49.1 Å². The van der Waals surface area contributed by atoms with Crippen LogP contribution in [0, 0.1) is 0 Å². The van der Waals surface area contributed by atoms with Gasteiger partial charge in [-0.1, -0.05) is 0 Å². The predicted molar refractivity (Wildman–Crippen MR) is 68.3 cm³/mol. The first-order chi connectivity index (χ1) is 9.27. The number of carbonyl (C=O) groups is 2. The molecule has 0 spiro atoms. The Morgan fingerprint density at radius 3 is 1.47 bits per heavy atom. The average molecular weight is 254 g/mol. The molecule has 0 saturated carbocycles. The van der Waals surface area contributed by atoms with Crippen molar-refractivity contribution < 1.29 is 9.59 Å². The summed E-state index contributed by atoms with van der Waals surface area (Å²) in [5.41, 5.74) is 1.31. The van der Waals surface area contributed by atoms with E-state index >= 15 is 0 Å². The Balaban J connectivity index is 1.92. The highest BCUT2D eigenvalue weighted by atomic mass is 16.2. The molecule has 1 saturated heterocycles. The van der Waals surface area contributed by atoms with Crippen molar-refractivity contribution in [2.24, 2.45) is 0 Å². The average Bonchev–Trinajstić information content (AvgIpc) is 2.77. The summed E-state index contributed by atoms with van der Waals surface area (Å²) in [4.78, 5) is 34.6. The molecule has 19 heavy (non-hydrogen) atoms. The maximum absolute atomic E-state index is 12.0. The van der Waals surface area contributed by atoms with Crippen molar-refractivity contribution >= 4 is 23.2 Å². The minimum absolute atomic E-state index is 0.200. The molecule has 0 unspecified atom stereocenters. The molecule has 3 rings (SSSR count). The number of rotatable bonds is 2. The maximum atomic E-state index is 12.0. The molecular formula is C13H10N4O2. The van der Waals surface area contributed by atoms with Crippen molar-refractivity contribution in [1.29, 1.82) is 0 Å². The summed E-state index contributed by atoms with van der Waals surface area (Å²) in [6, 6.07) is 6.78. The van der Waals surface area contributed by atoms with Crippen LogP contribution in [-0.4, -0.2) is 28.5 Å². The Morgan fingerprint density at radius 1 is 0.737 bits per heavy atom. The van der Waals surface area contributed by atoms with E-state index in [-0.39, 0.29) is 6.67 Å². The molecule has 2 aromatic heterocycles. The molecule has 0 aromatic carbocycles. The number of amides is 2. The molecule has 1 fully saturated rings. The lowest BCUT2D eigenvalue weighted by Crippen LogP contribution is -2.26. The van der Waals surface area contributed by atoms with Gasteiger partial charge in [-0.3, -0.25) is 29.4 Å². The number of carbonyl (C=O) groups excluding carboxylic acids is 2. The summed E-state index contributed by atoms with van der Waals surface area (Å²) in [7, 11) is 0. The summed E-state index contributed by atoms with van der Waals surface area (Å²) in [6.45, 7) is 0.200. The first kappa shape index (κ1) is 11.3. The second kappa shape index (κ2) is 4.49. The monoisotopic (exact) mass is 254 g/mol. The van der Waals surface area contributed by atoms with Crippen LogP contribution >= 0.6 is 0 Å². The molecule has 2 amide bonds. The normalized spacial score (nSPS) is 15.2. The Labute approximate surface area is 109 Å². The molecule has 6 nitrogen and oxygen atoms in total. The molecule has 0 aliphatic carbocycles. The van der Waals surface area contributed by atoms with Crippen molar-refractivity contribution in [1.82, 2.24) is 9.97 Å². The van der Waals surface area contributed by atoms with Crippen LogP contribution in [0.1, 0.15) is 0 Å². The molecule has 1 aliphatic rings. The lowest BCUT2D eigenvalue weighted by atomic mass is 10.3. The SMILES string of the molecule is O=C1C(=O)N(c2ccncc2)CN1c1ccncc1. The number of pyridine rings is 2. The smallest absolute Gasteiger partial charge is 0.285 e. The fourth-order valence-corrected chi connectivity index (χ4v) is 1.95. The van der Waals surface area contributed by atoms with Crippen LogP contribution < -0.4 is 9.80 Å². The molecule has 94 valence electrons. The Bertz CT molecular complexity index is 560. The van der Waals surface area contributed by atoms with Crippen molar-refractivity contribution in [3.8, 4) is 0 Å². The van der Waals surface area contributed by atoms with Gasteiger partial charge in [-0.2, -0.15) is 0 Å². The van der Waals surface area contributed by atoms with Gasteiger partial charge in [-0.05, 0) is 24.3 Å². The van der Waals surface area contributed by atoms with Gasteiger partial charge in [0.2, 0.25) is 0 Å². The summed E-state index contributed by atoms with van der Waals surface area (Å²) in [5, 5.41) is 0. The number of aromatic nitrogens is 2. The van der Waals surface area contributed by atoms with Crippen LogP contribution in [0.5, 0.6) is 0 Å². The van der Waals surface area contributed by atoms with Gasteiger partial charge >= 0.3 is 11.8 Å². The zero-order valence-electron chi connectivity index (χ0n) is 9.93. The van der Waals surface area contributed by atoms with E-state index in [1.54, 1.807) is 49.1 Å². The topological polar surface area (TPSA) is 66.4 Å². The largest absolute Gasteiger partial charge is 0.318 e. The molecule has 6 heteroatoms. The van der Waals surface area contributed by atoms with Crippen LogP contribution in [0.15, 0.2) is 49.1 Å². The molecule has 0 atom stereocenters. The van der Waals surface area contributed by atoms with E-state index in [4.69, 9.17) is 0 Å². The first-order valence-electron chi connectivity index (χ1n) is 5.71. The van der Waals surface area contributed by atoms with Gasteiger partial charge in [0, 0.05) is 36.2 Å². The van der Waals surface area contributed by atoms with E-state index in [9.17, 15) is 9.59 Å². The molecule has 1 aliphatic heterocycles. The lowest BCUT2D eigenvalue weighted by molar-refractivity contribution is -0.133. The second-order valence-corrected chi connectivity index (χ2v) is 4.02. The summed E-state index contributed by atoms with van der Waals surface area (Å²) < 4.78 is 0. The zero-order chi connectivity index (χ0) is 13.2. The third kappa shape index (κ3) is 1.93. The lowest BCUT2D eigenvalue weighted by Gasteiger charge is -2.17. The fraction of sp³-hybridized carbons (Fsp3) is 0.0769. The highest BCUT2D eigenvalue weighted by Crippen LogP contribution is 2.23. The van der Waals surface area contributed by atoms with E-state index in [1.807, 2.05) is 0 Å². The van der Waals surface area contributed by atoms with E-state index in [0.717, 1.165) is 0 Å². The molecule has 0 N–H and O–H groups in total. The predicted octanol–water partition coefficient (Wildman–Crippen LogP) is 0.814. The van der Waals surface area contributed by atoms with Gasteiger partial charge in [0.15, 0.2) is 0 Å². The van der Waals surface area contributed by atoms with Crippen LogP contribution in [0.25, 0.3) is 0 Å². The van der Waals surface area contributed by atoms with E-state index in [0.29, 0.717) is 11.4 Å². The number of hydrogen-bond acceptors (Lipinski definition) is 4. The third-order valence-corrected chi connectivity index (χ3v) is 2.90. The van der Waals surface area contributed by atoms with Crippen LogP contribution in [0.4, 0.5) is 11.4 Å². The van der Waals surface area contributed by atoms with E-state index < -0.39 is 11.8 Å². The highest BCUT2D eigenvalue weighted by molar-refractivity contribution is 6.47. The number of hydrogen-bond donors (Lipinski definition) is 0. The van der Waals surface area contributed by atoms with Gasteiger partial charge < -0.3 is 0 Å². The molecule has 0 bridgehead atoms. The van der Waals surface area contributed by atoms with Gasteiger partial charge in [0.05, 0.1) is 0 Å². The molecular weight excluding hydrogens is 244 g/mol. The van der Waals surface area contributed by atoms with Gasteiger partial charge in [-0.25, -0.2) is 0 Å². The summed E-state index contributed by atoms with van der Waals surface area (Å²) in [6.07, 6.45) is 6.34. The Kier molecular flexibility index (Phi) is 2.68. The Morgan fingerprint density at radius 2 is 1.11 bits per heavy atom. The number of anilines is 2. The minimum Gasteiger partial charge on any atom is -0.285 e. The summed E-state index contributed by atoms with van der Waals surface area (Å²) in [5.74, 6) is -1.08.